The van der Waals surface area contributed by atoms with Crippen molar-refractivity contribution in [3.63, 3.8) is 0 Å². The molecule has 3 nitrogen and oxygen atoms in total. The zero-order chi connectivity index (χ0) is 15.1. The lowest BCUT2D eigenvalue weighted by molar-refractivity contribution is 0.198. The van der Waals surface area contributed by atoms with E-state index >= 15 is 0 Å². The summed E-state index contributed by atoms with van der Waals surface area (Å²) in [7, 11) is 0. The van der Waals surface area contributed by atoms with Crippen molar-refractivity contribution in [1.82, 2.24) is 4.90 Å². The Bertz CT molecular complexity index is 413. The van der Waals surface area contributed by atoms with E-state index in [1.54, 1.807) is 0 Å². The van der Waals surface area contributed by atoms with Crippen molar-refractivity contribution in [3.05, 3.63) is 29.3 Å². The zero-order valence-electron chi connectivity index (χ0n) is 13.5. The quantitative estimate of drug-likeness (QED) is 0.746. The van der Waals surface area contributed by atoms with Crippen LogP contribution < -0.4 is 4.74 Å². The second-order valence-corrected chi connectivity index (χ2v) is 6.12. The van der Waals surface area contributed by atoms with Gasteiger partial charge in [0, 0.05) is 19.2 Å². The normalized spacial score (nSPS) is 19.1. The van der Waals surface area contributed by atoms with E-state index in [0.29, 0.717) is 12.6 Å². The molecule has 1 aromatic rings. The number of nitrogens with zero attached hydrogens (tertiary/aromatic N) is 1. The summed E-state index contributed by atoms with van der Waals surface area (Å²) in [5.74, 6) is 1.05. The lowest BCUT2D eigenvalue weighted by Gasteiger charge is -2.24. The minimum atomic E-state index is 0.319. The molecule has 1 fully saturated rings. The van der Waals surface area contributed by atoms with Crippen LogP contribution in [-0.2, 0) is 0 Å². The van der Waals surface area contributed by atoms with Crippen molar-refractivity contribution in [1.29, 1.82) is 0 Å². The fourth-order valence-corrected chi connectivity index (χ4v) is 3.31. The Morgan fingerprint density at radius 2 is 2.00 bits per heavy atom. The molecule has 0 amide bonds. The van der Waals surface area contributed by atoms with Gasteiger partial charge >= 0.3 is 0 Å². The highest BCUT2D eigenvalue weighted by Gasteiger charge is 2.23. The molecule has 1 heterocycles. The third kappa shape index (κ3) is 4.72. The zero-order valence-corrected chi connectivity index (χ0v) is 13.5. The highest BCUT2D eigenvalue weighted by Crippen LogP contribution is 2.23. The number of hydrogen-bond donors (Lipinski definition) is 1. The molecular formula is C18H29NO2. The summed E-state index contributed by atoms with van der Waals surface area (Å²) < 4.78 is 5.98. The molecule has 0 radical (unpaired) electrons. The predicted molar refractivity (Wildman–Crippen MR) is 86.9 cm³/mol. The van der Waals surface area contributed by atoms with E-state index in [2.05, 4.69) is 36.9 Å². The van der Waals surface area contributed by atoms with E-state index in [4.69, 9.17) is 9.84 Å². The maximum Gasteiger partial charge on any atom is 0.125 e. The number of para-hydroxylation sites is 1. The first-order chi connectivity index (χ1) is 10.2. The molecule has 2 rings (SSSR count). The van der Waals surface area contributed by atoms with E-state index in [0.717, 1.165) is 38.2 Å². The van der Waals surface area contributed by atoms with E-state index in [1.807, 2.05) is 0 Å². The first-order valence-corrected chi connectivity index (χ1v) is 8.26. The largest absolute Gasteiger partial charge is 0.493 e. The summed E-state index contributed by atoms with van der Waals surface area (Å²) in [5, 5.41) is 8.97. The van der Waals surface area contributed by atoms with Crippen LogP contribution >= 0.6 is 0 Å². The van der Waals surface area contributed by atoms with Crippen molar-refractivity contribution < 1.29 is 9.84 Å². The van der Waals surface area contributed by atoms with Crippen molar-refractivity contribution in [2.45, 2.75) is 52.0 Å². The highest BCUT2D eigenvalue weighted by atomic mass is 16.5. The summed E-state index contributed by atoms with van der Waals surface area (Å²) >= 11 is 0. The number of aliphatic hydroxyl groups is 1. The van der Waals surface area contributed by atoms with Crippen LogP contribution in [-0.4, -0.2) is 42.4 Å². The second kappa shape index (κ2) is 8.40. The van der Waals surface area contributed by atoms with Crippen LogP contribution in [0.5, 0.6) is 5.75 Å². The third-order valence-electron chi connectivity index (χ3n) is 4.44. The second-order valence-electron chi connectivity index (χ2n) is 6.12. The molecule has 1 saturated heterocycles. The van der Waals surface area contributed by atoms with Crippen LogP contribution in [0.2, 0.25) is 0 Å². The number of ether oxygens (including phenoxy) is 1. The summed E-state index contributed by atoms with van der Waals surface area (Å²) in [6.45, 7) is 7.64. The molecule has 1 aliphatic heterocycles. The number of rotatable bonds is 8. The van der Waals surface area contributed by atoms with Gasteiger partial charge in [-0.15, -0.1) is 0 Å². The Kier molecular flexibility index (Phi) is 6.52. The van der Waals surface area contributed by atoms with Crippen LogP contribution in [0.25, 0.3) is 0 Å². The fourth-order valence-electron chi connectivity index (χ4n) is 3.31. The van der Waals surface area contributed by atoms with Gasteiger partial charge in [-0.25, -0.2) is 0 Å². The Hall–Kier alpha value is -1.06. The first kappa shape index (κ1) is 16.3. The summed E-state index contributed by atoms with van der Waals surface area (Å²) in [5.41, 5.74) is 2.44. The molecule has 0 aromatic heterocycles. The Morgan fingerprint density at radius 1 is 1.24 bits per heavy atom. The number of hydrogen-bond acceptors (Lipinski definition) is 3. The molecular weight excluding hydrogens is 262 g/mol. The highest BCUT2D eigenvalue weighted by molar-refractivity contribution is 5.39. The monoisotopic (exact) mass is 291 g/mol. The van der Waals surface area contributed by atoms with E-state index < -0.39 is 0 Å². The van der Waals surface area contributed by atoms with Crippen LogP contribution in [0, 0.1) is 13.8 Å². The van der Waals surface area contributed by atoms with Crippen molar-refractivity contribution in [2.24, 2.45) is 0 Å². The van der Waals surface area contributed by atoms with E-state index in [9.17, 15) is 0 Å². The van der Waals surface area contributed by atoms with Gasteiger partial charge in [-0.2, -0.15) is 0 Å². The molecule has 0 saturated carbocycles. The number of aryl methyl sites for hydroxylation is 2. The summed E-state index contributed by atoms with van der Waals surface area (Å²) in [4.78, 5) is 2.57. The molecule has 1 N–H and O–H groups in total. The van der Waals surface area contributed by atoms with Crippen LogP contribution in [0.15, 0.2) is 18.2 Å². The Morgan fingerprint density at radius 3 is 2.71 bits per heavy atom. The van der Waals surface area contributed by atoms with Crippen molar-refractivity contribution in [3.8, 4) is 5.75 Å². The average Bonchev–Trinajstić information content (AvgIpc) is 2.91. The van der Waals surface area contributed by atoms with Gasteiger partial charge in [0.1, 0.15) is 5.75 Å². The van der Waals surface area contributed by atoms with Crippen molar-refractivity contribution in [2.75, 3.05) is 26.3 Å². The van der Waals surface area contributed by atoms with Gasteiger partial charge in [0.05, 0.1) is 6.61 Å². The molecule has 1 unspecified atom stereocenters. The van der Waals surface area contributed by atoms with Crippen LogP contribution in [0.4, 0.5) is 0 Å². The van der Waals surface area contributed by atoms with Gasteiger partial charge in [0.15, 0.2) is 0 Å². The smallest absolute Gasteiger partial charge is 0.125 e. The lowest BCUT2D eigenvalue weighted by atomic mass is 10.1. The Balaban J connectivity index is 1.72. The summed E-state index contributed by atoms with van der Waals surface area (Å²) in [6, 6.07) is 6.96. The summed E-state index contributed by atoms with van der Waals surface area (Å²) in [6.07, 6.45) is 5.73. The van der Waals surface area contributed by atoms with Crippen LogP contribution in [0.3, 0.4) is 0 Å². The topological polar surface area (TPSA) is 32.7 Å². The number of benzene rings is 1. The van der Waals surface area contributed by atoms with Gasteiger partial charge in [0.2, 0.25) is 0 Å². The molecule has 1 aromatic carbocycles. The molecule has 1 atom stereocenters. The SMILES string of the molecule is Cc1cccc(C)c1OCCCN1CCCC1CCCO. The lowest BCUT2D eigenvalue weighted by Crippen LogP contribution is -2.31. The van der Waals surface area contributed by atoms with E-state index in [1.165, 1.54) is 30.5 Å². The molecule has 3 heteroatoms. The van der Waals surface area contributed by atoms with Crippen LogP contribution in [0.1, 0.15) is 43.2 Å². The number of aliphatic hydroxyl groups excluding tert-OH is 1. The average molecular weight is 291 g/mol. The van der Waals surface area contributed by atoms with Gasteiger partial charge in [-0.05, 0) is 63.6 Å². The molecule has 1 aliphatic rings. The van der Waals surface area contributed by atoms with Gasteiger partial charge in [-0.3, -0.25) is 0 Å². The molecule has 0 aliphatic carbocycles. The third-order valence-corrected chi connectivity index (χ3v) is 4.44. The van der Waals surface area contributed by atoms with Gasteiger partial charge in [-0.1, -0.05) is 18.2 Å². The Labute approximate surface area is 128 Å². The molecule has 21 heavy (non-hydrogen) atoms. The predicted octanol–water partition coefficient (Wildman–Crippen LogP) is 3.31. The molecule has 118 valence electrons. The van der Waals surface area contributed by atoms with Gasteiger partial charge in [0.25, 0.3) is 0 Å². The number of likely N-dealkylation sites (tertiary alicyclic amines) is 1. The molecule has 0 spiro atoms. The maximum absolute atomic E-state index is 8.97. The fraction of sp³-hybridized carbons (Fsp3) is 0.667. The first-order valence-electron chi connectivity index (χ1n) is 8.26. The standard InChI is InChI=1S/C18H29NO2/c1-15-7-3-8-16(2)18(15)21-14-6-12-19-11-4-9-17(19)10-5-13-20/h3,7-8,17,20H,4-6,9-14H2,1-2H3. The van der Waals surface area contributed by atoms with Crippen molar-refractivity contribution >= 4 is 0 Å². The minimum Gasteiger partial charge on any atom is -0.493 e. The minimum absolute atomic E-state index is 0.319. The van der Waals surface area contributed by atoms with E-state index in [-0.39, 0.29) is 0 Å². The maximum atomic E-state index is 8.97. The molecule has 0 bridgehead atoms. The van der Waals surface area contributed by atoms with Gasteiger partial charge < -0.3 is 14.7 Å².